The molecule has 0 amide bonds. The Morgan fingerprint density at radius 3 is 2.32 bits per heavy atom. The predicted octanol–water partition coefficient (Wildman–Crippen LogP) is 0.998. The van der Waals surface area contributed by atoms with Gasteiger partial charge in [0.2, 0.25) is 0 Å². The van der Waals surface area contributed by atoms with E-state index in [1.54, 1.807) is 0 Å². The summed E-state index contributed by atoms with van der Waals surface area (Å²) < 4.78 is 16.7. The molecule has 1 fully saturated rings. The van der Waals surface area contributed by atoms with E-state index >= 15 is 0 Å². The minimum Gasteiger partial charge on any atom is -0.482 e. The number of rotatable bonds is 7. The van der Waals surface area contributed by atoms with Gasteiger partial charge in [-0.2, -0.15) is 0 Å². The van der Waals surface area contributed by atoms with Gasteiger partial charge in [-0.25, -0.2) is 0 Å². The van der Waals surface area contributed by atoms with Crippen molar-refractivity contribution < 1.29 is 34.5 Å². The summed E-state index contributed by atoms with van der Waals surface area (Å²) in [7, 11) is 0. The zero-order chi connectivity index (χ0) is 20.1. The van der Waals surface area contributed by atoms with Gasteiger partial charge in [0.05, 0.1) is 18.1 Å². The average Bonchev–Trinajstić information content (AvgIpc) is 2.71. The number of non-ortho nitro benzene ring substituents is 1. The quantitative estimate of drug-likeness (QED) is 0.470. The fourth-order valence-electron chi connectivity index (χ4n) is 2.95. The molecule has 2 aromatic rings. The van der Waals surface area contributed by atoms with Crippen LogP contribution in [0, 0.1) is 10.1 Å². The summed E-state index contributed by atoms with van der Waals surface area (Å²) >= 11 is 0. The maximum atomic E-state index is 10.8. The van der Waals surface area contributed by atoms with Crippen LogP contribution < -0.4 is 4.74 Å². The van der Waals surface area contributed by atoms with Crippen LogP contribution in [0.1, 0.15) is 5.56 Å². The third-order valence-corrected chi connectivity index (χ3v) is 4.42. The van der Waals surface area contributed by atoms with Gasteiger partial charge < -0.3 is 29.5 Å². The maximum absolute atomic E-state index is 10.8. The van der Waals surface area contributed by atoms with Gasteiger partial charge in [0.15, 0.2) is 12.4 Å². The van der Waals surface area contributed by atoms with E-state index in [1.807, 2.05) is 30.3 Å². The molecular weight excluding hydrogens is 370 g/mol. The molecule has 28 heavy (non-hydrogen) atoms. The Kier molecular flexibility index (Phi) is 6.55. The van der Waals surface area contributed by atoms with Crippen LogP contribution in [0.25, 0.3) is 0 Å². The first-order chi connectivity index (χ1) is 13.5. The molecule has 9 nitrogen and oxygen atoms in total. The largest absolute Gasteiger partial charge is 0.482 e. The van der Waals surface area contributed by atoms with Crippen LogP contribution >= 0.6 is 0 Å². The molecule has 1 aliphatic heterocycles. The highest BCUT2D eigenvalue weighted by atomic mass is 16.7. The number of hydrogen-bond acceptors (Lipinski definition) is 8. The Morgan fingerprint density at radius 1 is 1.04 bits per heavy atom. The van der Waals surface area contributed by atoms with E-state index in [2.05, 4.69) is 0 Å². The lowest BCUT2D eigenvalue weighted by molar-refractivity contribution is -0.384. The van der Waals surface area contributed by atoms with Gasteiger partial charge in [-0.1, -0.05) is 30.3 Å². The van der Waals surface area contributed by atoms with Crippen molar-refractivity contribution in [2.45, 2.75) is 37.3 Å². The standard InChI is InChI=1S/C19H21NO8/c21-10-15-16(22)17(26-11-12-4-2-1-3-5-12)18(19(23)28-15)27-14-8-6-13(7-9-14)20(24)25/h1-9,15-19,21-23H,10-11H2/t15-,16+,17+,18-,19-/m1/s1. The summed E-state index contributed by atoms with van der Waals surface area (Å²) in [6.45, 7) is -0.360. The summed E-state index contributed by atoms with van der Waals surface area (Å²) in [4.78, 5) is 10.2. The Labute approximate surface area is 160 Å². The van der Waals surface area contributed by atoms with E-state index in [4.69, 9.17) is 14.2 Å². The maximum Gasteiger partial charge on any atom is 0.269 e. The van der Waals surface area contributed by atoms with Gasteiger partial charge in [-0.3, -0.25) is 10.1 Å². The number of aliphatic hydroxyl groups excluding tert-OH is 3. The van der Waals surface area contributed by atoms with E-state index in [0.717, 1.165) is 5.56 Å². The summed E-state index contributed by atoms with van der Waals surface area (Å²) in [6, 6.07) is 14.5. The molecule has 3 rings (SSSR count). The highest BCUT2D eigenvalue weighted by molar-refractivity contribution is 5.36. The molecule has 1 aliphatic rings. The van der Waals surface area contributed by atoms with Crippen molar-refractivity contribution in [3.8, 4) is 5.75 Å². The number of benzene rings is 2. The first-order valence-electron chi connectivity index (χ1n) is 8.68. The fourth-order valence-corrected chi connectivity index (χ4v) is 2.95. The van der Waals surface area contributed by atoms with E-state index in [-0.39, 0.29) is 18.0 Å². The van der Waals surface area contributed by atoms with Gasteiger partial charge in [0.25, 0.3) is 5.69 Å². The molecule has 9 heteroatoms. The zero-order valence-electron chi connectivity index (χ0n) is 14.8. The van der Waals surface area contributed by atoms with Gasteiger partial charge in [-0.15, -0.1) is 0 Å². The number of hydrogen-bond donors (Lipinski definition) is 3. The Balaban J connectivity index is 1.77. The molecule has 0 bridgehead atoms. The fraction of sp³-hybridized carbons (Fsp3) is 0.368. The van der Waals surface area contributed by atoms with Crippen molar-refractivity contribution in [3.05, 3.63) is 70.3 Å². The molecule has 0 unspecified atom stereocenters. The summed E-state index contributed by atoms with van der Waals surface area (Å²) in [5, 5.41) is 41.0. The molecular formula is C19H21NO8. The first kappa shape index (κ1) is 20.2. The molecule has 2 aromatic carbocycles. The van der Waals surface area contributed by atoms with Crippen LogP contribution in [0.5, 0.6) is 5.75 Å². The minimum absolute atomic E-state index is 0.106. The van der Waals surface area contributed by atoms with Crippen molar-refractivity contribution >= 4 is 5.69 Å². The Hall–Kier alpha value is -2.56. The van der Waals surface area contributed by atoms with Crippen molar-refractivity contribution in [1.29, 1.82) is 0 Å². The van der Waals surface area contributed by atoms with Crippen molar-refractivity contribution in [3.63, 3.8) is 0 Å². The van der Waals surface area contributed by atoms with Crippen LogP contribution in [0.3, 0.4) is 0 Å². The van der Waals surface area contributed by atoms with Crippen LogP contribution in [0.4, 0.5) is 5.69 Å². The topological polar surface area (TPSA) is 132 Å². The van der Waals surface area contributed by atoms with E-state index in [0.29, 0.717) is 0 Å². The van der Waals surface area contributed by atoms with Crippen molar-refractivity contribution in [2.24, 2.45) is 0 Å². The highest BCUT2D eigenvalue weighted by Gasteiger charge is 2.47. The zero-order valence-corrected chi connectivity index (χ0v) is 14.8. The highest BCUT2D eigenvalue weighted by Crippen LogP contribution is 2.28. The Morgan fingerprint density at radius 2 is 1.71 bits per heavy atom. The molecule has 0 aliphatic carbocycles. The number of ether oxygens (including phenoxy) is 3. The second-order valence-corrected chi connectivity index (χ2v) is 6.33. The monoisotopic (exact) mass is 391 g/mol. The van der Waals surface area contributed by atoms with Crippen molar-refractivity contribution in [2.75, 3.05) is 6.61 Å². The van der Waals surface area contributed by atoms with Gasteiger partial charge in [0, 0.05) is 12.1 Å². The van der Waals surface area contributed by atoms with Gasteiger partial charge in [0.1, 0.15) is 24.1 Å². The number of nitro groups is 1. The van der Waals surface area contributed by atoms with Crippen LogP contribution in [-0.4, -0.2) is 57.6 Å². The molecule has 0 radical (unpaired) electrons. The summed E-state index contributed by atoms with van der Waals surface area (Å²) in [6.07, 6.45) is -5.87. The van der Waals surface area contributed by atoms with Crippen LogP contribution in [-0.2, 0) is 16.1 Å². The third-order valence-electron chi connectivity index (χ3n) is 4.42. The summed E-state index contributed by atoms with van der Waals surface area (Å²) in [5.41, 5.74) is 0.746. The summed E-state index contributed by atoms with van der Waals surface area (Å²) in [5.74, 6) is 0.237. The number of aliphatic hydroxyl groups is 3. The Bertz CT molecular complexity index is 769. The lowest BCUT2D eigenvalue weighted by Gasteiger charge is -2.42. The van der Waals surface area contributed by atoms with Crippen LogP contribution in [0.2, 0.25) is 0 Å². The number of nitro benzene ring substituents is 1. The molecule has 3 N–H and O–H groups in total. The third kappa shape index (κ3) is 4.64. The van der Waals surface area contributed by atoms with Crippen molar-refractivity contribution in [1.82, 2.24) is 0 Å². The number of nitrogens with zero attached hydrogens (tertiary/aromatic N) is 1. The molecule has 0 saturated carbocycles. The molecule has 150 valence electrons. The minimum atomic E-state index is -1.48. The second-order valence-electron chi connectivity index (χ2n) is 6.33. The van der Waals surface area contributed by atoms with Crippen LogP contribution in [0.15, 0.2) is 54.6 Å². The lowest BCUT2D eigenvalue weighted by Crippen LogP contribution is -2.61. The van der Waals surface area contributed by atoms with Gasteiger partial charge >= 0.3 is 0 Å². The van der Waals surface area contributed by atoms with Gasteiger partial charge in [-0.05, 0) is 17.7 Å². The molecule has 0 spiro atoms. The van der Waals surface area contributed by atoms with E-state index in [1.165, 1.54) is 24.3 Å². The molecule has 5 atom stereocenters. The smallest absolute Gasteiger partial charge is 0.269 e. The normalized spacial score (nSPS) is 27.3. The van der Waals surface area contributed by atoms with E-state index < -0.39 is 42.2 Å². The predicted molar refractivity (Wildman–Crippen MR) is 96.5 cm³/mol. The molecule has 1 saturated heterocycles. The SMILES string of the molecule is O=[N+]([O-])c1ccc(O[C@@H]2[C@@H](OCc3ccccc3)[C@@H](O)[C@@H](CO)O[C@H]2O)cc1. The lowest BCUT2D eigenvalue weighted by atomic mass is 9.98. The average molecular weight is 391 g/mol. The first-order valence-corrected chi connectivity index (χ1v) is 8.68. The molecule has 1 heterocycles. The molecule has 0 aromatic heterocycles. The second kappa shape index (κ2) is 9.09. The van der Waals surface area contributed by atoms with E-state index in [9.17, 15) is 25.4 Å².